The van der Waals surface area contributed by atoms with Gasteiger partial charge in [0.25, 0.3) is 0 Å². The van der Waals surface area contributed by atoms with E-state index >= 15 is 0 Å². The highest BCUT2D eigenvalue weighted by Gasteiger charge is 2.17. The third-order valence-corrected chi connectivity index (χ3v) is 7.45. The standard InChI is InChI=1S/C38H21N5/c39-22-26-5-7-27(8-6-26)28-11-16-34(17-12-28)43(38-20-15-32(24-41)36-3-1-2-4-37(36)38)35-18-13-29(14-19-35)30-9-10-31(23-40)33(21-30)25-42/h1-21H. The van der Waals surface area contributed by atoms with Gasteiger partial charge < -0.3 is 4.90 Å². The van der Waals surface area contributed by atoms with Crippen LogP contribution in [0.4, 0.5) is 17.1 Å². The first-order valence-corrected chi connectivity index (χ1v) is 13.5. The smallest absolute Gasteiger partial charge is 0.101 e. The first-order chi connectivity index (χ1) is 21.1. The lowest BCUT2D eigenvalue weighted by atomic mass is 9.99. The molecule has 0 fully saturated rings. The Labute approximate surface area is 249 Å². The van der Waals surface area contributed by atoms with Crippen LogP contribution in [0.5, 0.6) is 0 Å². The van der Waals surface area contributed by atoms with Gasteiger partial charge in [-0.2, -0.15) is 21.0 Å². The number of anilines is 3. The van der Waals surface area contributed by atoms with Gasteiger partial charge in [0.2, 0.25) is 0 Å². The van der Waals surface area contributed by atoms with E-state index in [2.05, 4.69) is 53.4 Å². The van der Waals surface area contributed by atoms with Crippen molar-refractivity contribution in [2.45, 2.75) is 0 Å². The van der Waals surface area contributed by atoms with E-state index in [4.69, 9.17) is 5.26 Å². The largest absolute Gasteiger partial charge is 0.310 e. The first kappa shape index (κ1) is 26.6. The predicted molar refractivity (Wildman–Crippen MR) is 168 cm³/mol. The molecule has 0 saturated carbocycles. The first-order valence-electron chi connectivity index (χ1n) is 13.5. The molecule has 0 heterocycles. The molecule has 6 aromatic rings. The number of rotatable bonds is 5. The van der Waals surface area contributed by atoms with E-state index in [1.165, 1.54) is 0 Å². The molecule has 43 heavy (non-hydrogen) atoms. The lowest BCUT2D eigenvalue weighted by Crippen LogP contribution is -2.10. The van der Waals surface area contributed by atoms with Crippen LogP contribution in [0, 0.1) is 45.3 Å². The predicted octanol–water partition coefficient (Wildman–Crippen LogP) is 9.13. The Hall–Kier alpha value is -6.66. The number of hydrogen-bond acceptors (Lipinski definition) is 5. The Morgan fingerprint density at radius 3 is 1.44 bits per heavy atom. The van der Waals surface area contributed by atoms with Crippen molar-refractivity contribution in [3.05, 3.63) is 150 Å². The van der Waals surface area contributed by atoms with E-state index in [9.17, 15) is 15.8 Å². The van der Waals surface area contributed by atoms with Gasteiger partial charge in [0.1, 0.15) is 12.1 Å². The average molecular weight is 548 g/mol. The van der Waals surface area contributed by atoms with Crippen molar-refractivity contribution in [3.8, 4) is 46.5 Å². The molecule has 6 aromatic carbocycles. The van der Waals surface area contributed by atoms with Gasteiger partial charge in [-0.25, -0.2) is 0 Å². The molecule has 0 aliphatic rings. The molecular formula is C38H21N5. The van der Waals surface area contributed by atoms with Crippen LogP contribution in [0.3, 0.4) is 0 Å². The molecule has 0 radical (unpaired) electrons. The summed E-state index contributed by atoms with van der Waals surface area (Å²) in [5.41, 5.74) is 8.53. The van der Waals surface area contributed by atoms with Crippen molar-refractivity contribution in [1.29, 1.82) is 21.0 Å². The zero-order valence-corrected chi connectivity index (χ0v) is 22.9. The summed E-state index contributed by atoms with van der Waals surface area (Å²) in [5.74, 6) is 0. The summed E-state index contributed by atoms with van der Waals surface area (Å²) in [6.07, 6.45) is 0. The summed E-state index contributed by atoms with van der Waals surface area (Å²) in [6.45, 7) is 0. The maximum absolute atomic E-state index is 9.76. The number of nitriles is 4. The Bertz CT molecular complexity index is 2150. The van der Waals surface area contributed by atoms with Crippen LogP contribution in [-0.4, -0.2) is 0 Å². The fourth-order valence-corrected chi connectivity index (χ4v) is 5.26. The molecule has 0 aliphatic carbocycles. The Kier molecular flexibility index (Phi) is 7.07. The Morgan fingerprint density at radius 2 is 0.884 bits per heavy atom. The molecule has 0 amide bonds. The van der Waals surface area contributed by atoms with E-state index in [0.29, 0.717) is 22.3 Å². The molecule has 0 spiro atoms. The second-order valence-corrected chi connectivity index (χ2v) is 9.89. The molecule has 198 valence electrons. The third-order valence-electron chi connectivity index (χ3n) is 7.45. The molecule has 0 unspecified atom stereocenters. The lowest BCUT2D eigenvalue weighted by molar-refractivity contribution is 1.30. The van der Waals surface area contributed by atoms with Crippen molar-refractivity contribution in [2.75, 3.05) is 4.90 Å². The summed E-state index contributed by atoms with van der Waals surface area (Å²) >= 11 is 0. The SMILES string of the molecule is N#Cc1ccc(-c2ccc(N(c3ccc(-c4ccc(C#N)c(C#N)c4)cc3)c3ccc(C#N)c4ccccc34)cc2)cc1. The third kappa shape index (κ3) is 5.03. The van der Waals surface area contributed by atoms with E-state index in [-0.39, 0.29) is 0 Å². The van der Waals surface area contributed by atoms with Crippen LogP contribution >= 0.6 is 0 Å². The highest BCUT2D eigenvalue weighted by Crippen LogP contribution is 2.41. The highest BCUT2D eigenvalue weighted by atomic mass is 15.1. The minimum absolute atomic E-state index is 0.345. The van der Waals surface area contributed by atoms with Crippen LogP contribution in [-0.2, 0) is 0 Å². The molecule has 0 atom stereocenters. The van der Waals surface area contributed by atoms with Gasteiger partial charge in [-0.1, -0.05) is 66.7 Å². The number of benzene rings is 6. The quantitative estimate of drug-likeness (QED) is 0.214. The van der Waals surface area contributed by atoms with Gasteiger partial charge in [0.05, 0.1) is 40.1 Å². The van der Waals surface area contributed by atoms with Crippen LogP contribution in [0.25, 0.3) is 33.0 Å². The zero-order valence-electron chi connectivity index (χ0n) is 22.9. The summed E-state index contributed by atoms with van der Waals surface area (Å²) < 4.78 is 0. The van der Waals surface area contributed by atoms with Gasteiger partial charge in [0.15, 0.2) is 0 Å². The minimum Gasteiger partial charge on any atom is -0.310 e. The fourth-order valence-electron chi connectivity index (χ4n) is 5.26. The molecule has 5 heteroatoms. The molecular weight excluding hydrogens is 526 g/mol. The van der Waals surface area contributed by atoms with Crippen LogP contribution < -0.4 is 4.90 Å². The van der Waals surface area contributed by atoms with Gasteiger partial charge in [0, 0.05) is 22.1 Å². The number of hydrogen-bond donors (Lipinski definition) is 0. The van der Waals surface area contributed by atoms with Gasteiger partial charge in [-0.05, 0) is 82.9 Å². The summed E-state index contributed by atoms with van der Waals surface area (Å²) in [4.78, 5) is 2.16. The van der Waals surface area contributed by atoms with E-state index in [1.807, 2.05) is 91.0 Å². The van der Waals surface area contributed by atoms with Crippen molar-refractivity contribution in [3.63, 3.8) is 0 Å². The van der Waals surface area contributed by atoms with Crippen molar-refractivity contribution >= 4 is 27.8 Å². The minimum atomic E-state index is 0.345. The average Bonchev–Trinajstić information content (AvgIpc) is 3.08. The fraction of sp³-hybridized carbons (Fsp3) is 0. The zero-order chi connectivity index (χ0) is 29.8. The van der Waals surface area contributed by atoms with Crippen LogP contribution in [0.15, 0.2) is 127 Å². The topological polar surface area (TPSA) is 98.4 Å². The maximum atomic E-state index is 9.76. The summed E-state index contributed by atoms with van der Waals surface area (Å²) in [5, 5.41) is 39.5. The second-order valence-electron chi connectivity index (χ2n) is 9.89. The Morgan fingerprint density at radius 1 is 0.395 bits per heavy atom. The molecule has 6 rings (SSSR count). The monoisotopic (exact) mass is 547 g/mol. The molecule has 0 aliphatic heterocycles. The van der Waals surface area contributed by atoms with Gasteiger partial charge in [-0.3, -0.25) is 0 Å². The maximum Gasteiger partial charge on any atom is 0.101 e. The Balaban J connectivity index is 1.46. The number of fused-ring (bicyclic) bond motifs is 1. The summed E-state index contributed by atoms with van der Waals surface area (Å²) in [7, 11) is 0. The van der Waals surface area contributed by atoms with Crippen molar-refractivity contribution < 1.29 is 0 Å². The van der Waals surface area contributed by atoms with Crippen molar-refractivity contribution in [2.24, 2.45) is 0 Å². The normalized spacial score (nSPS) is 10.2. The van der Waals surface area contributed by atoms with Crippen molar-refractivity contribution in [1.82, 2.24) is 0 Å². The molecule has 0 bridgehead atoms. The lowest BCUT2D eigenvalue weighted by Gasteiger charge is -2.27. The van der Waals surface area contributed by atoms with E-state index in [0.717, 1.165) is 50.1 Å². The van der Waals surface area contributed by atoms with E-state index < -0.39 is 0 Å². The molecule has 0 aromatic heterocycles. The van der Waals surface area contributed by atoms with Crippen LogP contribution in [0.2, 0.25) is 0 Å². The van der Waals surface area contributed by atoms with Crippen LogP contribution in [0.1, 0.15) is 22.3 Å². The molecule has 5 nitrogen and oxygen atoms in total. The molecule has 0 N–H and O–H groups in total. The second kappa shape index (κ2) is 11.4. The summed E-state index contributed by atoms with van der Waals surface area (Å²) in [6, 6.07) is 49.5. The number of nitrogens with zero attached hydrogens (tertiary/aromatic N) is 5. The van der Waals surface area contributed by atoms with Gasteiger partial charge >= 0.3 is 0 Å². The highest BCUT2D eigenvalue weighted by molar-refractivity contribution is 6.01. The van der Waals surface area contributed by atoms with E-state index in [1.54, 1.807) is 12.1 Å². The van der Waals surface area contributed by atoms with Gasteiger partial charge in [-0.15, -0.1) is 0 Å². The molecule has 0 saturated heterocycles.